The summed E-state index contributed by atoms with van der Waals surface area (Å²) in [7, 11) is -4.79. The van der Waals surface area contributed by atoms with Crippen LogP contribution in [0.3, 0.4) is 0 Å². The Morgan fingerprint density at radius 2 is 2.19 bits per heavy atom. The molecule has 1 radical (unpaired) electrons. The van der Waals surface area contributed by atoms with Crippen molar-refractivity contribution in [1.82, 2.24) is 15.4 Å². The summed E-state index contributed by atoms with van der Waals surface area (Å²) >= 11 is 0. The van der Waals surface area contributed by atoms with Crippen LogP contribution in [0.1, 0.15) is 19.3 Å². The smallest absolute Gasteiger partial charge is 0.309 e. The summed E-state index contributed by atoms with van der Waals surface area (Å²) in [6.07, 6.45) is 1.18. The van der Waals surface area contributed by atoms with Gasteiger partial charge in [0.05, 0.1) is 12.6 Å². The van der Waals surface area contributed by atoms with Crippen molar-refractivity contribution < 1.29 is 31.7 Å². The van der Waals surface area contributed by atoms with Crippen molar-refractivity contribution in [1.29, 1.82) is 0 Å². The normalized spacial score (nSPS) is 25.3. The average molecular weight is 322 g/mol. The summed E-state index contributed by atoms with van der Waals surface area (Å²) in [5.74, 6) is -0.496. The number of hydrogen-bond acceptors (Lipinski definition) is 6. The number of nitrogens with one attached hydrogen (secondary N) is 1. The van der Waals surface area contributed by atoms with Crippen LogP contribution in [0.15, 0.2) is 0 Å². The van der Waals surface area contributed by atoms with Crippen molar-refractivity contribution >= 4 is 22.3 Å². The van der Waals surface area contributed by atoms with E-state index < -0.39 is 34.4 Å². The van der Waals surface area contributed by atoms with Gasteiger partial charge in [0.25, 0.3) is 5.91 Å². The van der Waals surface area contributed by atoms with Gasteiger partial charge in [-0.05, 0) is 19.3 Å². The van der Waals surface area contributed by atoms with E-state index in [0.29, 0.717) is 24.3 Å². The molecular weight excluding hydrogens is 306 g/mol. The summed E-state index contributed by atoms with van der Waals surface area (Å²) in [6.45, 7) is 3.93. The Balaban J connectivity index is 2.01. The first-order valence-electron chi connectivity index (χ1n) is 6.31. The lowest BCUT2D eigenvalue weighted by Crippen LogP contribution is -2.49. The monoisotopic (exact) mass is 322 g/mol. The molecule has 0 saturated carbocycles. The molecule has 0 aromatic rings. The average Bonchev–Trinajstić information content (AvgIpc) is 2.63. The molecule has 2 N–H and O–H groups in total. The highest BCUT2D eigenvalue weighted by Crippen LogP contribution is 2.30. The van der Waals surface area contributed by atoms with E-state index in [1.165, 1.54) is 4.90 Å². The van der Waals surface area contributed by atoms with E-state index in [0.717, 1.165) is 0 Å². The van der Waals surface area contributed by atoms with Crippen LogP contribution in [0.25, 0.3) is 0 Å². The molecule has 3 amide bonds. The van der Waals surface area contributed by atoms with E-state index >= 15 is 0 Å². The van der Waals surface area contributed by atoms with Gasteiger partial charge >= 0.3 is 16.4 Å². The van der Waals surface area contributed by atoms with Crippen LogP contribution in [-0.2, 0) is 24.3 Å². The Labute approximate surface area is 121 Å². The van der Waals surface area contributed by atoms with Crippen molar-refractivity contribution in [2.75, 3.05) is 13.2 Å². The summed E-state index contributed by atoms with van der Waals surface area (Å²) in [5, 5.41) is 0.583. The largest absolute Gasteiger partial charge is 0.418 e. The highest BCUT2D eigenvalue weighted by atomic mass is 32.3. The molecule has 2 bridgehead atoms. The van der Waals surface area contributed by atoms with Gasteiger partial charge in [-0.15, -0.1) is 4.28 Å². The van der Waals surface area contributed by atoms with Gasteiger partial charge in [-0.25, -0.2) is 10.3 Å². The number of piperidine rings is 1. The van der Waals surface area contributed by atoms with Crippen LogP contribution >= 0.6 is 0 Å². The van der Waals surface area contributed by atoms with Gasteiger partial charge in [0.1, 0.15) is 6.04 Å². The molecule has 2 rings (SSSR count). The first kappa shape index (κ1) is 15.9. The molecular formula is C10H16N3O7S. The molecule has 0 spiro atoms. The predicted molar refractivity (Wildman–Crippen MR) is 67.5 cm³/mol. The standard InChI is InChI=1S/C10H16N3O7S/c1-2-5-19-11-9(14)8-4-3-7-6-12(8)10(15)13(7)20-21(16,17)18/h7-8H,1-6H2,(H,11,14)(H,16,17,18)/t7-,8+/m1/s1. The van der Waals surface area contributed by atoms with E-state index in [1.54, 1.807) is 0 Å². The fraction of sp³-hybridized carbons (Fsp3) is 0.700. The zero-order chi connectivity index (χ0) is 15.6. The second kappa shape index (κ2) is 6.13. The predicted octanol–water partition coefficient (Wildman–Crippen LogP) is -0.739. The summed E-state index contributed by atoms with van der Waals surface area (Å²) in [6, 6.07) is -2.08. The van der Waals surface area contributed by atoms with Crippen LogP contribution in [-0.4, -0.2) is 60.1 Å². The van der Waals surface area contributed by atoms with Crippen LogP contribution < -0.4 is 5.48 Å². The van der Waals surface area contributed by atoms with Crippen molar-refractivity contribution in [2.45, 2.75) is 31.3 Å². The molecule has 2 fully saturated rings. The molecule has 2 saturated heterocycles. The zero-order valence-electron chi connectivity index (χ0n) is 11.1. The minimum absolute atomic E-state index is 0.141. The van der Waals surface area contributed by atoms with Gasteiger partial charge in [-0.3, -0.25) is 14.2 Å². The number of nitrogens with zero attached hydrogens (tertiary/aromatic N) is 2. The fourth-order valence-electron chi connectivity index (χ4n) is 2.37. The topological polar surface area (TPSA) is 125 Å². The third kappa shape index (κ3) is 3.61. The Morgan fingerprint density at radius 1 is 1.48 bits per heavy atom. The number of carbonyl (C=O) groups is 2. The quantitative estimate of drug-likeness (QED) is 0.375. The maximum atomic E-state index is 12.0. The number of amides is 3. The lowest BCUT2D eigenvalue weighted by molar-refractivity contribution is -0.138. The molecule has 2 heterocycles. The van der Waals surface area contributed by atoms with E-state index in [2.05, 4.69) is 16.7 Å². The molecule has 0 aromatic carbocycles. The molecule has 0 unspecified atom stereocenters. The van der Waals surface area contributed by atoms with Gasteiger partial charge < -0.3 is 4.90 Å². The molecule has 2 aliphatic rings. The second-order valence-electron chi connectivity index (χ2n) is 4.68. The summed E-state index contributed by atoms with van der Waals surface area (Å²) in [5.41, 5.74) is 2.22. The van der Waals surface area contributed by atoms with E-state index in [9.17, 15) is 18.0 Å². The second-order valence-corrected chi connectivity index (χ2v) is 5.68. The highest BCUT2D eigenvalue weighted by Gasteiger charge is 2.49. The number of fused-ring (bicyclic) bond motifs is 2. The number of carbonyl (C=O) groups excluding carboxylic acids is 2. The highest BCUT2D eigenvalue weighted by molar-refractivity contribution is 7.80. The number of hydroxylamine groups is 3. The number of rotatable bonds is 6. The van der Waals surface area contributed by atoms with Crippen molar-refractivity contribution in [3.63, 3.8) is 0 Å². The Kier molecular flexibility index (Phi) is 4.66. The van der Waals surface area contributed by atoms with Gasteiger partial charge in [0, 0.05) is 6.54 Å². The van der Waals surface area contributed by atoms with E-state index in [-0.39, 0.29) is 13.2 Å². The zero-order valence-corrected chi connectivity index (χ0v) is 11.9. The van der Waals surface area contributed by atoms with Crippen LogP contribution in [0.4, 0.5) is 4.79 Å². The molecule has 2 atom stereocenters. The van der Waals surface area contributed by atoms with E-state index in [4.69, 9.17) is 9.39 Å². The summed E-state index contributed by atoms with van der Waals surface area (Å²) < 4.78 is 34.4. The third-order valence-electron chi connectivity index (χ3n) is 3.22. The molecule has 10 nitrogen and oxygen atoms in total. The molecule has 0 aromatic heterocycles. The first-order chi connectivity index (χ1) is 9.83. The van der Waals surface area contributed by atoms with Gasteiger partial charge in [-0.2, -0.15) is 13.5 Å². The Bertz CT molecular complexity index is 523. The SMILES string of the molecule is [CH2]CCONC(=O)[C@@H]1CC[C@@H]2CN1C(=O)N2OS(=O)(=O)O. The first-order valence-corrected chi connectivity index (χ1v) is 7.67. The Hall–Kier alpha value is -1.43. The van der Waals surface area contributed by atoms with Crippen LogP contribution in [0.2, 0.25) is 0 Å². The molecule has 0 aliphatic carbocycles. The van der Waals surface area contributed by atoms with Crippen molar-refractivity contribution in [3.05, 3.63) is 6.92 Å². The number of urea groups is 1. The van der Waals surface area contributed by atoms with Gasteiger partial charge in [0.2, 0.25) is 0 Å². The summed E-state index contributed by atoms with van der Waals surface area (Å²) in [4.78, 5) is 30.0. The minimum atomic E-state index is -4.79. The van der Waals surface area contributed by atoms with Crippen molar-refractivity contribution in [2.24, 2.45) is 0 Å². The van der Waals surface area contributed by atoms with Gasteiger partial charge in [0.15, 0.2) is 0 Å². The minimum Gasteiger partial charge on any atom is -0.309 e. The fourth-order valence-corrected chi connectivity index (χ4v) is 2.75. The van der Waals surface area contributed by atoms with Gasteiger partial charge in [-0.1, -0.05) is 6.92 Å². The van der Waals surface area contributed by atoms with E-state index in [1.807, 2.05) is 0 Å². The maximum absolute atomic E-state index is 12.0. The third-order valence-corrected chi connectivity index (χ3v) is 3.57. The van der Waals surface area contributed by atoms with Crippen molar-refractivity contribution in [3.8, 4) is 0 Å². The molecule has 119 valence electrons. The van der Waals surface area contributed by atoms with Crippen LogP contribution in [0.5, 0.6) is 0 Å². The lowest BCUT2D eigenvalue weighted by atomic mass is 10.0. The maximum Gasteiger partial charge on any atom is 0.418 e. The molecule has 11 heteroatoms. The lowest BCUT2D eigenvalue weighted by Gasteiger charge is -2.28. The molecule has 21 heavy (non-hydrogen) atoms. The number of hydrogen-bond donors (Lipinski definition) is 2. The molecule has 2 aliphatic heterocycles. The van der Waals surface area contributed by atoms with Crippen LogP contribution in [0, 0.1) is 6.92 Å². The Morgan fingerprint density at radius 3 is 2.81 bits per heavy atom.